The second-order valence-electron chi connectivity index (χ2n) is 19.9. The lowest BCUT2D eigenvalue weighted by molar-refractivity contribution is -0.148. The van der Waals surface area contributed by atoms with Crippen LogP contribution < -0.4 is 9.47 Å². The number of fused-ring (bicyclic) bond motifs is 8. The van der Waals surface area contributed by atoms with Gasteiger partial charge in [0.2, 0.25) is 5.91 Å². The second-order valence-corrected chi connectivity index (χ2v) is 19.9. The van der Waals surface area contributed by atoms with Crippen LogP contribution in [-0.4, -0.2) is 65.8 Å². The van der Waals surface area contributed by atoms with Crippen LogP contribution in [0, 0.1) is 28.6 Å². The summed E-state index contributed by atoms with van der Waals surface area (Å²) in [5.41, 5.74) is 0.512. The van der Waals surface area contributed by atoms with Crippen LogP contribution in [0.3, 0.4) is 0 Å². The maximum absolute atomic E-state index is 14.9. The Morgan fingerprint density at radius 3 is 2.25 bits per heavy atom. The molecule has 3 aromatic carbocycles. The van der Waals surface area contributed by atoms with Crippen molar-refractivity contribution in [1.29, 1.82) is 0 Å². The Bertz CT molecular complexity index is 2130. The van der Waals surface area contributed by atoms with Gasteiger partial charge in [-0.2, -0.15) is 13.2 Å². The number of methoxy groups -OCH3 is 2. The Hall–Kier alpha value is -4.15. The van der Waals surface area contributed by atoms with Crippen molar-refractivity contribution in [2.24, 2.45) is 28.6 Å². The molecule has 5 saturated carbocycles. The van der Waals surface area contributed by atoms with Crippen LogP contribution in [0.4, 0.5) is 13.2 Å². The standard InChI is InChI=1S/C51H62F3NO6/c1-32-7-6-17-48(2)43(41-14-11-33(22-40(56)13-10-32)23-42(41)47(58)38-8-5-9-39(26-38)51(52,53)54)16-18-50(48,59)31-55(30-49-27-35-19-36(28-49)21-37(20-35)29-49)46(57)25-34-12-15-44(60-3)45(24-34)61-4/h5,7-9,11-12,14-15,23-24,26,35-37,40,43,56,59H,6,10,13,16-22,25,27-31H2,1-4H3/t35?,36?,37?,40-,43-,48-,49?,50+/m0/s1. The van der Waals surface area contributed by atoms with Crippen LogP contribution in [0.1, 0.15) is 135 Å². The highest BCUT2D eigenvalue weighted by atomic mass is 19.4. The first-order valence-corrected chi connectivity index (χ1v) is 22.4. The average molecular weight is 842 g/mol. The Morgan fingerprint density at radius 2 is 1.57 bits per heavy atom. The second kappa shape index (κ2) is 16.9. The molecule has 0 spiro atoms. The third-order valence-corrected chi connectivity index (χ3v) is 15.7. The smallest absolute Gasteiger partial charge is 0.416 e. The molecule has 5 fully saturated rings. The van der Waals surface area contributed by atoms with E-state index in [0.717, 1.165) is 48.1 Å². The summed E-state index contributed by atoms with van der Waals surface area (Å²) >= 11 is 0. The summed E-state index contributed by atoms with van der Waals surface area (Å²) in [6, 6.07) is 15.7. The van der Waals surface area contributed by atoms with Crippen LogP contribution in [0.2, 0.25) is 0 Å². The van der Waals surface area contributed by atoms with Gasteiger partial charge >= 0.3 is 6.18 Å². The molecule has 6 bridgehead atoms. The first-order valence-electron chi connectivity index (χ1n) is 22.4. The molecule has 0 radical (unpaired) electrons. The molecular weight excluding hydrogens is 780 g/mol. The number of amides is 1. The Morgan fingerprint density at radius 1 is 0.869 bits per heavy atom. The molecule has 10 rings (SSSR count). The zero-order valence-corrected chi connectivity index (χ0v) is 36.2. The minimum atomic E-state index is -4.62. The number of hydrogen-bond acceptors (Lipinski definition) is 6. The molecule has 0 unspecified atom stereocenters. The Balaban J connectivity index is 1.19. The van der Waals surface area contributed by atoms with E-state index in [1.54, 1.807) is 20.3 Å². The number of carbonyl (C=O) groups excluding carboxylic acids is 2. The summed E-state index contributed by atoms with van der Waals surface area (Å²) in [4.78, 5) is 31.4. The van der Waals surface area contributed by atoms with Gasteiger partial charge in [-0.3, -0.25) is 9.59 Å². The molecule has 4 atom stereocenters. The van der Waals surface area contributed by atoms with Gasteiger partial charge < -0.3 is 24.6 Å². The minimum absolute atomic E-state index is 0.00528. The van der Waals surface area contributed by atoms with Crippen molar-refractivity contribution in [2.45, 2.75) is 128 Å². The van der Waals surface area contributed by atoms with Gasteiger partial charge in [0, 0.05) is 29.6 Å². The van der Waals surface area contributed by atoms with Gasteiger partial charge in [0.25, 0.3) is 0 Å². The minimum Gasteiger partial charge on any atom is -0.493 e. The van der Waals surface area contributed by atoms with Crippen LogP contribution >= 0.6 is 0 Å². The van der Waals surface area contributed by atoms with E-state index in [0.29, 0.717) is 91.9 Å². The number of aliphatic hydroxyl groups is 2. The lowest BCUT2D eigenvalue weighted by atomic mass is 9.49. The predicted molar refractivity (Wildman–Crippen MR) is 229 cm³/mol. The van der Waals surface area contributed by atoms with E-state index >= 15 is 0 Å². The molecule has 0 saturated heterocycles. The van der Waals surface area contributed by atoms with Crippen LogP contribution in [0.5, 0.6) is 11.5 Å². The number of carbonyl (C=O) groups is 2. The van der Waals surface area contributed by atoms with E-state index in [1.807, 2.05) is 35.2 Å². The lowest BCUT2D eigenvalue weighted by Gasteiger charge is -2.58. The number of alkyl halides is 3. The fourth-order valence-electron chi connectivity index (χ4n) is 12.9. The number of rotatable bonds is 10. The van der Waals surface area contributed by atoms with Gasteiger partial charge in [-0.15, -0.1) is 0 Å². The zero-order chi connectivity index (χ0) is 43.3. The zero-order valence-electron chi connectivity index (χ0n) is 36.2. The molecule has 328 valence electrons. The van der Waals surface area contributed by atoms with Crippen molar-refractivity contribution in [3.05, 3.63) is 106 Å². The SMILES string of the molecule is COc1ccc(CC(=O)N(CC23CC4CC(CC(C4)C2)C3)C[C@]2(O)CC[C@H]3c4ccc(cc4C(=O)c4cccc(C(F)(F)F)c4)C[C@@H](O)CCC(C)=CCC[C@@]32C)cc1OC. The number of aliphatic hydroxyl groups excluding tert-OH is 1. The molecule has 1 amide bonds. The summed E-state index contributed by atoms with van der Waals surface area (Å²) in [5, 5.41) is 24.5. The monoisotopic (exact) mass is 841 g/mol. The van der Waals surface area contributed by atoms with Crippen molar-refractivity contribution in [3.63, 3.8) is 0 Å². The largest absolute Gasteiger partial charge is 0.493 e. The molecule has 3 aromatic rings. The highest BCUT2D eigenvalue weighted by Crippen LogP contribution is 2.62. The highest BCUT2D eigenvalue weighted by molar-refractivity contribution is 6.10. The van der Waals surface area contributed by atoms with Crippen molar-refractivity contribution < 1.29 is 42.4 Å². The van der Waals surface area contributed by atoms with E-state index in [9.17, 15) is 33.0 Å². The van der Waals surface area contributed by atoms with E-state index in [2.05, 4.69) is 19.9 Å². The van der Waals surface area contributed by atoms with Gasteiger partial charge in [0.1, 0.15) is 0 Å². The fourth-order valence-corrected chi connectivity index (χ4v) is 12.9. The maximum Gasteiger partial charge on any atom is 0.416 e. The molecule has 7 aliphatic rings. The first kappa shape index (κ1) is 43.5. The third-order valence-electron chi connectivity index (χ3n) is 15.7. The maximum atomic E-state index is 14.9. The highest BCUT2D eigenvalue weighted by Gasteiger charge is 2.59. The summed E-state index contributed by atoms with van der Waals surface area (Å²) in [6.07, 6.45) is 7.76. The molecule has 7 aliphatic carbocycles. The summed E-state index contributed by atoms with van der Waals surface area (Å²) in [5.74, 6) is 2.24. The molecule has 61 heavy (non-hydrogen) atoms. The molecule has 0 heterocycles. The molecule has 0 aromatic heterocycles. The number of hydrogen-bond donors (Lipinski definition) is 2. The van der Waals surface area contributed by atoms with Crippen molar-refractivity contribution in [2.75, 3.05) is 27.3 Å². The molecular formula is C51H62F3NO6. The summed E-state index contributed by atoms with van der Waals surface area (Å²) in [7, 11) is 3.16. The lowest BCUT2D eigenvalue weighted by Crippen LogP contribution is -2.58. The summed E-state index contributed by atoms with van der Waals surface area (Å²) in [6.45, 7) is 4.88. The number of allylic oxidation sites excluding steroid dienone is 2. The number of ketones is 1. The van der Waals surface area contributed by atoms with Gasteiger partial charge in [-0.25, -0.2) is 0 Å². The first-order chi connectivity index (χ1) is 29.0. The topological polar surface area (TPSA) is 96.3 Å². The van der Waals surface area contributed by atoms with Crippen LogP contribution in [0.25, 0.3) is 0 Å². The van der Waals surface area contributed by atoms with Gasteiger partial charge in [-0.05, 0) is 167 Å². The number of benzene rings is 3. The van der Waals surface area contributed by atoms with E-state index in [-0.39, 0.29) is 35.8 Å². The van der Waals surface area contributed by atoms with Crippen molar-refractivity contribution in [3.8, 4) is 11.5 Å². The predicted octanol–water partition coefficient (Wildman–Crippen LogP) is 10.3. The van der Waals surface area contributed by atoms with Gasteiger partial charge in [-0.1, -0.05) is 48.9 Å². The van der Waals surface area contributed by atoms with Crippen molar-refractivity contribution in [1.82, 2.24) is 4.90 Å². The normalized spacial score (nSPS) is 31.0. The molecule has 10 heteroatoms. The van der Waals surface area contributed by atoms with E-state index in [4.69, 9.17) is 9.47 Å². The summed E-state index contributed by atoms with van der Waals surface area (Å²) < 4.78 is 52.8. The fraction of sp³-hybridized carbons (Fsp3) is 0.569. The molecule has 2 N–H and O–H groups in total. The third kappa shape index (κ3) is 8.78. The number of halogens is 3. The van der Waals surface area contributed by atoms with Crippen LogP contribution in [-0.2, 0) is 23.8 Å². The van der Waals surface area contributed by atoms with Gasteiger partial charge in [0.05, 0.1) is 37.9 Å². The average Bonchev–Trinajstić information content (AvgIpc) is 3.46. The number of ether oxygens (including phenoxy) is 2. The number of nitrogens with zero attached hydrogens (tertiary/aromatic N) is 1. The molecule has 0 aliphatic heterocycles. The Labute approximate surface area is 358 Å². The quantitative estimate of drug-likeness (QED) is 0.156. The van der Waals surface area contributed by atoms with Gasteiger partial charge in [0.15, 0.2) is 17.3 Å². The Kier molecular flexibility index (Phi) is 12.0. The van der Waals surface area contributed by atoms with E-state index < -0.39 is 34.6 Å². The van der Waals surface area contributed by atoms with E-state index in [1.165, 1.54) is 31.4 Å². The van der Waals surface area contributed by atoms with Crippen molar-refractivity contribution >= 4 is 11.7 Å². The molecule has 7 nitrogen and oxygen atoms in total. The van der Waals surface area contributed by atoms with Crippen LogP contribution in [0.15, 0.2) is 72.3 Å².